The minimum Gasteiger partial charge on any atom is -0.448 e. The number of carbonyl (C=O) groups excluding carboxylic acids is 1. The number of likely N-dealkylation sites (tertiary alicyclic amines) is 1. The van der Waals surface area contributed by atoms with E-state index in [4.69, 9.17) is 4.74 Å². The van der Waals surface area contributed by atoms with E-state index in [1.165, 1.54) is 75.6 Å². The van der Waals surface area contributed by atoms with Crippen LogP contribution in [0.2, 0.25) is 0 Å². The molecule has 3 rings (SSSR count). The van der Waals surface area contributed by atoms with Crippen molar-refractivity contribution in [3.8, 4) is 0 Å². The Morgan fingerprint density at radius 1 is 1.27 bits per heavy atom. The normalized spacial score (nSPS) is 26.2. The number of anilines is 1. The molecule has 4 nitrogen and oxygen atoms in total. The van der Waals surface area contributed by atoms with E-state index in [0.717, 1.165) is 19.0 Å². The third kappa shape index (κ3) is 4.76. The number of benzene rings is 1. The Morgan fingerprint density at radius 3 is 2.69 bits per heavy atom. The zero-order valence-electron chi connectivity index (χ0n) is 15.8. The molecule has 1 spiro atoms. The van der Waals surface area contributed by atoms with Crippen molar-refractivity contribution in [2.24, 2.45) is 5.92 Å². The maximum absolute atomic E-state index is 12.9. The van der Waals surface area contributed by atoms with Gasteiger partial charge in [-0.15, -0.1) is 0 Å². The number of carbonyl (C=O) groups is 1. The van der Waals surface area contributed by atoms with Gasteiger partial charge in [0.05, 0.1) is 0 Å². The second kappa shape index (κ2) is 8.85. The first-order valence-electron chi connectivity index (χ1n) is 10.1. The van der Waals surface area contributed by atoms with Crippen molar-refractivity contribution < 1.29 is 13.9 Å². The first-order chi connectivity index (χ1) is 12.6. The molecule has 1 N–H and O–H groups in total. The molecule has 0 bridgehead atoms. The van der Waals surface area contributed by atoms with E-state index in [0.29, 0.717) is 17.8 Å². The number of rotatable bonds is 6. The van der Waals surface area contributed by atoms with Crippen LogP contribution in [-0.4, -0.2) is 36.2 Å². The zero-order valence-corrected chi connectivity index (χ0v) is 15.8. The molecule has 1 aliphatic carbocycles. The lowest BCUT2D eigenvalue weighted by Crippen LogP contribution is -2.47. The van der Waals surface area contributed by atoms with Gasteiger partial charge in [0.2, 0.25) is 0 Å². The minimum atomic E-state index is -0.475. The standard InChI is InChI=1S/C21H31FN2O2/c1-2-4-17-9-12-21(13-10-17)11-3-14-24(21)15-16-26-20(25)23-19-7-5-18(22)6-8-19/h5-8,17H,2-4,9-16H2,1H3,(H,23,25). The van der Waals surface area contributed by atoms with Crippen LogP contribution in [0.5, 0.6) is 0 Å². The lowest BCUT2D eigenvalue weighted by molar-refractivity contribution is 0.0531. The van der Waals surface area contributed by atoms with Crippen LogP contribution < -0.4 is 5.32 Å². The Morgan fingerprint density at radius 2 is 2.00 bits per heavy atom. The van der Waals surface area contributed by atoms with Gasteiger partial charge in [-0.1, -0.05) is 19.8 Å². The van der Waals surface area contributed by atoms with Gasteiger partial charge in [0.15, 0.2) is 0 Å². The Kier molecular flexibility index (Phi) is 6.52. The summed E-state index contributed by atoms with van der Waals surface area (Å²) < 4.78 is 18.2. The summed E-state index contributed by atoms with van der Waals surface area (Å²) in [4.78, 5) is 14.5. The smallest absolute Gasteiger partial charge is 0.411 e. The van der Waals surface area contributed by atoms with Crippen molar-refractivity contribution in [1.29, 1.82) is 0 Å². The quantitative estimate of drug-likeness (QED) is 0.756. The predicted octanol–water partition coefficient (Wildman–Crippen LogP) is 5.20. The summed E-state index contributed by atoms with van der Waals surface area (Å²) in [5.41, 5.74) is 0.893. The lowest BCUT2D eigenvalue weighted by atomic mass is 9.74. The number of amides is 1. The molecule has 0 unspecified atom stereocenters. The average molecular weight is 362 g/mol. The fourth-order valence-electron chi connectivity index (χ4n) is 4.76. The topological polar surface area (TPSA) is 41.6 Å². The van der Waals surface area contributed by atoms with Gasteiger partial charge in [-0.05, 0) is 75.3 Å². The van der Waals surface area contributed by atoms with E-state index in [9.17, 15) is 9.18 Å². The van der Waals surface area contributed by atoms with Gasteiger partial charge in [-0.3, -0.25) is 10.2 Å². The van der Waals surface area contributed by atoms with Crippen LogP contribution in [0.1, 0.15) is 58.3 Å². The second-order valence-electron chi connectivity index (χ2n) is 7.81. The van der Waals surface area contributed by atoms with Crippen molar-refractivity contribution in [2.45, 2.75) is 63.8 Å². The van der Waals surface area contributed by atoms with Gasteiger partial charge in [0, 0.05) is 17.8 Å². The molecule has 0 atom stereocenters. The highest BCUT2D eigenvalue weighted by Gasteiger charge is 2.42. The molecule has 1 saturated carbocycles. The third-order valence-electron chi connectivity index (χ3n) is 6.16. The van der Waals surface area contributed by atoms with E-state index in [1.54, 1.807) is 0 Å². The molecule has 1 amide bonds. The van der Waals surface area contributed by atoms with Crippen molar-refractivity contribution in [3.05, 3.63) is 30.1 Å². The maximum atomic E-state index is 12.9. The van der Waals surface area contributed by atoms with Crippen LogP contribution in [0.15, 0.2) is 24.3 Å². The number of hydrogen-bond donors (Lipinski definition) is 1. The summed E-state index contributed by atoms with van der Waals surface area (Å²) >= 11 is 0. The molecule has 1 aromatic rings. The van der Waals surface area contributed by atoms with Crippen LogP contribution in [0.25, 0.3) is 0 Å². The molecular weight excluding hydrogens is 331 g/mol. The first kappa shape index (κ1) is 19.2. The molecule has 1 heterocycles. The molecule has 1 aliphatic heterocycles. The molecule has 1 saturated heterocycles. The maximum Gasteiger partial charge on any atom is 0.411 e. The van der Waals surface area contributed by atoms with Crippen LogP contribution in [0.3, 0.4) is 0 Å². The van der Waals surface area contributed by atoms with Gasteiger partial charge in [-0.25, -0.2) is 9.18 Å². The second-order valence-corrected chi connectivity index (χ2v) is 7.81. The summed E-state index contributed by atoms with van der Waals surface area (Å²) in [5, 5.41) is 2.64. The minimum absolute atomic E-state index is 0.322. The zero-order chi connectivity index (χ0) is 18.4. The summed E-state index contributed by atoms with van der Waals surface area (Å²) in [5.74, 6) is 0.586. The molecule has 144 valence electrons. The fraction of sp³-hybridized carbons (Fsp3) is 0.667. The number of nitrogens with zero attached hydrogens (tertiary/aromatic N) is 1. The van der Waals surface area contributed by atoms with Crippen molar-refractivity contribution in [3.63, 3.8) is 0 Å². The average Bonchev–Trinajstić information content (AvgIpc) is 3.02. The molecular formula is C21H31FN2O2. The van der Waals surface area contributed by atoms with Crippen LogP contribution in [-0.2, 0) is 4.74 Å². The molecule has 0 aromatic heterocycles. The number of hydrogen-bond acceptors (Lipinski definition) is 3. The van der Waals surface area contributed by atoms with Crippen molar-refractivity contribution >= 4 is 11.8 Å². The highest BCUT2D eigenvalue weighted by Crippen LogP contribution is 2.44. The SMILES string of the molecule is CCCC1CCC2(CCCN2CCOC(=O)Nc2ccc(F)cc2)CC1. The van der Waals surface area contributed by atoms with Gasteiger partial charge in [0.1, 0.15) is 12.4 Å². The van der Waals surface area contributed by atoms with Crippen LogP contribution >= 0.6 is 0 Å². The van der Waals surface area contributed by atoms with Gasteiger partial charge < -0.3 is 4.74 Å². The van der Waals surface area contributed by atoms with Crippen molar-refractivity contribution in [2.75, 3.05) is 25.0 Å². The van der Waals surface area contributed by atoms with Gasteiger partial charge in [-0.2, -0.15) is 0 Å². The van der Waals surface area contributed by atoms with Crippen LogP contribution in [0.4, 0.5) is 14.9 Å². The molecule has 1 aromatic carbocycles. The van der Waals surface area contributed by atoms with Crippen LogP contribution in [0, 0.1) is 11.7 Å². The van der Waals surface area contributed by atoms with Gasteiger partial charge >= 0.3 is 6.09 Å². The molecule has 26 heavy (non-hydrogen) atoms. The third-order valence-corrected chi connectivity index (χ3v) is 6.16. The first-order valence-corrected chi connectivity index (χ1v) is 10.1. The van der Waals surface area contributed by atoms with E-state index in [-0.39, 0.29) is 5.82 Å². The highest BCUT2D eigenvalue weighted by atomic mass is 19.1. The summed E-state index contributed by atoms with van der Waals surface area (Å²) in [6.45, 7) is 4.59. The predicted molar refractivity (Wildman–Crippen MR) is 102 cm³/mol. The summed E-state index contributed by atoms with van der Waals surface area (Å²) in [6.07, 6.45) is 9.98. The molecule has 2 aliphatic rings. The monoisotopic (exact) mass is 362 g/mol. The fourth-order valence-corrected chi connectivity index (χ4v) is 4.76. The highest BCUT2D eigenvalue weighted by molar-refractivity contribution is 5.84. The Labute approximate surface area is 156 Å². The largest absolute Gasteiger partial charge is 0.448 e. The summed E-state index contributed by atoms with van der Waals surface area (Å²) in [7, 11) is 0. The van der Waals surface area contributed by atoms with E-state index in [1.807, 2.05) is 0 Å². The van der Waals surface area contributed by atoms with E-state index < -0.39 is 6.09 Å². The molecule has 2 fully saturated rings. The number of halogens is 1. The Hall–Kier alpha value is -1.62. The Bertz CT molecular complexity index is 582. The number of ether oxygens (including phenoxy) is 1. The lowest BCUT2D eigenvalue weighted by Gasteiger charge is -2.44. The van der Waals surface area contributed by atoms with E-state index >= 15 is 0 Å². The Balaban J connectivity index is 1.42. The van der Waals surface area contributed by atoms with Crippen molar-refractivity contribution in [1.82, 2.24) is 4.90 Å². The molecule has 5 heteroatoms. The van der Waals surface area contributed by atoms with E-state index in [2.05, 4.69) is 17.1 Å². The number of nitrogens with one attached hydrogen (secondary N) is 1. The molecule has 0 radical (unpaired) electrons. The summed E-state index contributed by atoms with van der Waals surface area (Å²) in [6, 6.07) is 5.69. The van der Waals surface area contributed by atoms with Gasteiger partial charge in [0.25, 0.3) is 0 Å².